The van der Waals surface area contributed by atoms with Crippen molar-refractivity contribution in [1.29, 1.82) is 0 Å². The number of methoxy groups -OCH3 is 1. The van der Waals surface area contributed by atoms with Crippen LogP contribution in [0.1, 0.15) is 27.9 Å². The van der Waals surface area contributed by atoms with E-state index in [1.807, 2.05) is 19.9 Å². The molecule has 0 aliphatic rings. The molecule has 0 fully saturated rings. The van der Waals surface area contributed by atoms with Crippen LogP contribution < -0.4 is 10.5 Å². The minimum Gasteiger partial charge on any atom is -0.496 e. The number of hydrogen-bond donors (Lipinski definition) is 1. The molecular weight excluding hydrogens is 190 g/mol. The summed E-state index contributed by atoms with van der Waals surface area (Å²) >= 11 is 0. The summed E-state index contributed by atoms with van der Waals surface area (Å²) in [6, 6.07) is 3.63. The first-order valence-electron chi connectivity index (χ1n) is 4.99. The molecule has 0 heterocycles. The largest absolute Gasteiger partial charge is 0.496 e. The number of nitrogens with two attached hydrogens (primary N) is 1. The van der Waals surface area contributed by atoms with Crippen LogP contribution in [0.3, 0.4) is 0 Å². The second-order valence-corrected chi connectivity index (χ2v) is 3.53. The van der Waals surface area contributed by atoms with Gasteiger partial charge >= 0.3 is 0 Å². The van der Waals surface area contributed by atoms with Gasteiger partial charge in [0.2, 0.25) is 0 Å². The van der Waals surface area contributed by atoms with Gasteiger partial charge in [0.1, 0.15) is 5.75 Å². The first-order valence-corrected chi connectivity index (χ1v) is 4.99. The van der Waals surface area contributed by atoms with Crippen LogP contribution in [-0.2, 0) is 0 Å². The van der Waals surface area contributed by atoms with Crippen LogP contribution in [0.25, 0.3) is 0 Å². The molecule has 0 aliphatic heterocycles. The molecule has 0 saturated heterocycles. The molecule has 0 atom stereocenters. The summed E-state index contributed by atoms with van der Waals surface area (Å²) in [5, 5.41) is 0. The van der Waals surface area contributed by atoms with Gasteiger partial charge in [0, 0.05) is 12.0 Å². The molecule has 15 heavy (non-hydrogen) atoms. The summed E-state index contributed by atoms with van der Waals surface area (Å²) in [6.07, 6.45) is 0.395. The highest BCUT2D eigenvalue weighted by Gasteiger charge is 2.12. The van der Waals surface area contributed by atoms with Gasteiger partial charge < -0.3 is 10.5 Å². The Bertz CT molecular complexity index is 372. The number of carbonyl (C=O) groups excluding carboxylic acids is 1. The highest BCUT2D eigenvalue weighted by atomic mass is 16.5. The third kappa shape index (κ3) is 2.36. The van der Waals surface area contributed by atoms with Gasteiger partial charge in [-0.3, -0.25) is 4.79 Å². The predicted octanol–water partition coefficient (Wildman–Crippen LogP) is 1.84. The molecule has 0 spiro atoms. The lowest BCUT2D eigenvalue weighted by atomic mass is 9.98. The topological polar surface area (TPSA) is 52.3 Å². The third-order valence-corrected chi connectivity index (χ3v) is 2.63. The number of ketones is 1. The third-order valence-electron chi connectivity index (χ3n) is 2.63. The molecule has 1 aromatic rings. The second kappa shape index (κ2) is 4.94. The Morgan fingerprint density at radius 1 is 1.33 bits per heavy atom. The summed E-state index contributed by atoms with van der Waals surface area (Å²) in [4.78, 5) is 11.7. The van der Waals surface area contributed by atoms with E-state index >= 15 is 0 Å². The van der Waals surface area contributed by atoms with Gasteiger partial charge in [-0.15, -0.1) is 0 Å². The lowest BCUT2D eigenvalue weighted by molar-refractivity contribution is 0.0984. The normalized spacial score (nSPS) is 10.1. The van der Waals surface area contributed by atoms with E-state index in [0.29, 0.717) is 13.0 Å². The standard InChI is InChI=1S/C12H17NO2/c1-8-9(2)12(15-3)5-4-10(8)11(14)6-7-13/h4-5H,6-7,13H2,1-3H3. The Morgan fingerprint density at radius 2 is 2.00 bits per heavy atom. The minimum atomic E-state index is 0.0979. The van der Waals surface area contributed by atoms with Crippen LogP contribution in [-0.4, -0.2) is 19.4 Å². The molecular formula is C12H17NO2. The quantitative estimate of drug-likeness (QED) is 0.766. The second-order valence-electron chi connectivity index (χ2n) is 3.53. The molecule has 3 nitrogen and oxygen atoms in total. The number of ether oxygens (including phenoxy) is 1. The van der Waals surface area contributed by atoms with Crippen molar-refractivity contribution in [3.8, 4) is 5.75 Å². The van der Waals surface area contributed by atoms with Crippen LogP contribution in [0.15, 0.2) is 12.1 Å². The maximum Gasteiger partial charge on any atom is 0.164 e. The smallest absolute Gasteiger partial charge is 0.164 e. The van der Waals surface area contributed by atoms with Crippen molar-refractivity contribution >= 4 is 5.78 Å². The van der Waals surface area contributed by atoms with Crippen molar-refractivity contribution in [2.24, 2.45) is 5.73 Å². The SMILES string of the molecule is COc1ccc(C(=O)CCN)c(C)c1C. The number of hydrogen-bond acceptors (Lipinski definition) is 3. The van der Waals surface area contributed by atoms with Gasteiger partial charge in [-0.2, -0.15) is 0 Å². The Labute approximate surface area is 90.2 Å². The van der Waals surface area contributed by atoms with Gasteiger partial charge in [0.25, 0.3) is 0 Å². The van der Waals surface area contributed by atoms with Gasteiger partial charge in [-0.05, 0) is 43.7 Å². The van der Waals surface area contributed by atoms with Crippen molar-refractivity contribution in [3.63, 3.8) is 0 Å². The van der Waals surface area contributed by atoms with Crippen molar-refractivity contribution < 1.29 is 9.53 Å². The lowest BCUT2D eigenvalue weighted by Crippen LogP contribution is -2.10. The minimum absolute atomic E-state index is 0.0979. The van der Waals surface area contributed by atoms with E-state index in [1.165, 1.54) is 0 Å². The maximum atomic E-state index is 11.7. The van der Waals surface area contributed by atoms with E-state index in [4.69, 9.17) is 10.5 Å². The van der Waals surface area contributed by atoms with Crippen molar-refractivity contribution in [2.75, 3.05) is 13.7 Å². The highest BCUT2D eigenvalue weighted by Crippen LogP contribution is 2.24. The molecule has 0 amide bonds. The summed E-state index contributed by atoms with van der Waals surface area (Å²) in [5.74, 6) is 0.914. The Morgan fingerprint density at radius 3 is 2.53 bits per heavy atom. The predicted molar refractivity (Wildman–Crippen MR) is 60.5 cm³/mol. The van der Waals surface area contributed by atoms with Crippen molar-refractivity contribution in [2.45, 2.75) is 20.3 Å². The van der Waals surface area contributed by atoms with Crippen molar-refractivity contribution in [3.05, 3.63) is 28.8 Å². The molecule has 1 aromatic carbocycles. The fourth-order valence-corrected chi connectivity index (χ4v) is 1.58. The van der Waals surface area contributed by atoms with Crippen molar-refractivity contribution in [1.82, 2.24) is 0 Å². The first kappa shape index (κ1) is 11.7. The van der Waals surface area contributed by atoms with Crippen LogP contribution in [0.2, 0.25) is 0 Å². The van der Waals surface area contributed by atoms with E-state index in [-0.39, 0.29) is 5.78 Å². The van der Waals surface area contributed by atoms with Crippen LogP contribution in [0.4, 0.5) is 0 Å². The summed E-state index contributed by atoms with van der Waals surface area (Å²) in [7, 11) is 1.63. The molecule has 82 valence electrons. The van der Waals surface area contributed by atoms with Crippen LogP contribution >= 0.6 is 0 Å². The van der Waals surface area contributed by atoms with E-state index in [1.54, 1.807) is 13.2 Å². The van der Waals surface area contributed by atoms with Crippen LogP contribution in [0.5, 0.6) is 5.75 Å². The molecule has 0 saturated carbocycles. The molecule has 2 N–H and O–H groups in total. The average molecular weight is 207 g/mol. The monoisotopic (exact) mass is 207 g/mol. The number of carbonyl (C=O) groups is 1. The summed E-state index contributed by atoms with van der Waals surface area (Å²) < 4.78 is 5.18. The van der Waals surface area contributed by atoms with E-state index < -0.39 is 0 Å². The fraction of sp³-hybridized carbons (Fsp3) is 0.417. The fourth-order valence-electron chi connectivity index (χ4n) is 1.58. The number of rotatable bonds is 4. The Hall–Kier alpha value is -1.35. The highest BCUT2D eigenvalue weighted by molar-refractivity contribution is 5.98. The average Bonchev–Trinajstić information content (AvgIpc) is 2.22. The van der Waals surface area contributed by atoms with Crippen LogP contribution in [0, 0.1) is 13.8 Å². The lowest BCUT2D eigenvalue weighted by Gasteiger charge is -2.11. The zero-order valence-corrected chi connectivity index (χ0v) is 9.46. The van der Waals surface area contributed by atoms with Gasteiger partial charge in [0.05, 0.1) is 7.11 Å². The molecule has 0 radical (unpaired) electrons. The number of benzene rings is 1. The van der Waals surface area contributed by atoms with Gasteiger partial charge in [-0.25, -0.2) is 0 Å². The Balaban J connectivity index is 3.11. The summed E-state index contributed by atoms with van der Waals surface area (Å²) in [6.45, 7) is 4.28. The zero-order chi connectivity index (χ0) is 11.4. The molecule has 0 unspecified atom stereocenters. The number of Topliss-reactive ketones (excluding diaryl/α,β-unsaturated/α-hetero) is 1. The summed E-state index contributed by atoms with van der Waals surface area (Å²) in [5.41, 5.74) is 8.11. The zero-order valence-electron chi connectivity index (χ0n) is 9.46. The van der Waals surface area contributed by atoms with Gasteiger partial charge in [0.15, 0.2) is 5.78 Å². The maximum absolute atomic E-state index is 11.7. The van der Waals surface area contributed by atoms with Gasteiger partial charge in [-0.1, -0.05) is 0 Å². The molecule has 0 aromatic heterocycles. The molecule has 1 rings (SSSR count). The molecule has 0 bridgehead atoms. The first-order chi connectivity index (χ1) is 7.11. The van der Waals surface area contributed by atoms with E-state index in [2.05, 4.69) is 0 Å². The Kier molecular flexibility index (Phi) is 3.86. The molecule has 0 aliphatic carbocycles. The van der Waals surface area contributed by atoms with E-state index in [9.17, 15) is 4.79 Å². The molecule has 3 heteroatoms. The van der Waals surface area contributed by atoms with E-state index in [0.717, 1.165) is 22.4 Å².